The Labute approximate surface area is 171 Å². The van der Waals surface area contributed by atoms with E-state index in [9.17, 15) is 22.4 Å². The summed E-state index contributed by atoms with van der Waals surface area (Å²) in [5.41, 5.74) is -0.279. The Bertz CT molecular complexity index is 1080. The third-order valence-corrected chi connectivity index (χ3v) is 5.68. The zero-order chi connectivity index (χ0) is 20.8. The molecule has 2 aromatic heterocycles. The van der Waals surface area contributed by atoms with Gasteiger partial charge >= 0.3 is 6.18 Å². The van der Waals surface area contributed by atoms with Crippen LogP contribution in [0.4, 0.5) is 17.6 Å². The summed E-state index contributed by atoms with van der Waals surface area (Å²) < 4.78 is 54.6. The molecule has 1 aliphatic heterocycles. The van der Waals surface area contributed by atoms with E-state index in [2.05, 4.69) is 26.1 Å². The van der Waals surface area contributed by atoms with Crippen molar-refractivity contribution in [3.05, 3.63) is 63.8 Å². The van der Waals surface area contributed by atoms with Gasteiger partial charge in [-0.25, -0.2) is 4.39 Å². The zero-order valence-electron chi connectivity index (χ0n) is 15.0. The number of benzene rings is 1. The largest absolute Gasteiger partial charge is 0.417 e. The monoisotopic (exact) mass is 470 g/mol. The van der Waals surface area contributed by atoms with E-state index in [0.717, 1.165) is 18.3 Å². The molecule has 0 N–H and O–H groups in total. The Morgan fingerprint density at radius 2 is 1.97 bits per heavy atom. The van der Waals surface area contributed by atoms with Crippen LogP contribution in [-0.4, -0.2) is 38.5 Å². The van der Waals surface area contributed by atoms with Gasteiger partial charge in [0.25, 0.3) is 5.91 Å². The minimum Gasteiger partial charge on any atom is -0.338 e. The molecule has 1 atom stereocenters. The van der Waals surface area contributed by atoms with Crippen molar-refractivity contribution in [2.45, 2.75) is 24.9 Å². The maximum Gasteiger partial charge on any atom is 0.417 e. The molecule has 4 rings (SSSR count). The second kappa shape index (κ2) is 7.40. The van der Waals surface area contributed by atoms with E-state index in [1.807, 2.05) is 0 Å². The van der Waals surface area contributed by atoms with Gasteiger partial charge in [-0.2, -0.15) is 13.2 Å². The number of alkyl halides is 3. The van der Waals surface area contributed by atoms with Crippen LogP contribution in [0.5, 0.6) is 0 Å². The van der Waals surface area contributed by atoms with Crippen molar-refractivity contribution in [3.8, 4) is 0 Å². The summed E-state index contributed by atoms with van der Waals surface area (Å²) in [7, 11) is 0. The van der Waals surface area contributed by atoms with Crippen molar-refractivity contribution in [1.29, 1.82) is 0 Å². The lowest BCUT2D eigenvalue weighted by Gasteiger charge is -2.32. The molecule has 0 bridgehead atoms. The van der Waals surface area contributed by atoms with E-state index in [1.165, 1.54) is 22.6 Å². The fourth-order valence-electron chi connectivity index (χ4n) is 3.56. The fourth-order valence-corrected chi connectivity index (χ4v) is 3.97. The first kappa shape index (κ1) is 19.8. The van der Waals surface area contributed by atoms with E-state index in [4.69, 9.17) is 0 Å². The molecular formula is C19H15BrF4N4O. The SMILES string of the molecule is O=C(c1cc(F)ccc1Br)N1CCCC(c2nnc3ccc(C(F)(F)F)cn23)C1. The molecule has 1 unspecified atom stereocenters. The number of hydrogen-bond donors (Lipinski definition) is 0. The van der Waals surface area contributed by atoms with Crippen molar-refractivity contribution >= 4 is 27.5 Å². The van der Waals surface area contributed by atoms with E-state index < -0.39 is 17.6 Å². The second-order valence-corrected chi connectivity index (χ2v) is 7.77. The van der Waals surface area contributed by atoms with Crippen LogP contribution in [0.25, 0.3) is 5.65 Å². The first-order chi connectivity index (χ1) is 13.7. The lowest BCUT2D eigenvalue weighted by Crippen LogP contribution is -2.39. The molecule has 152 valence electrons. The molecule has 29 heavy (non-hydrogen) atoms. The number of piperidine rings is 1. The molecular weight excluding hydrogens is 456 g/mol. The Balaban J connectivity index is 1.63. The van der Waals surface area contributed by atoms with Gasteiger partial charge in [-0.3, -0.25) is 9.20 Å². The van der Waals surface area contributed by atoms with Crippen LogP contribution in [0, 0.1) is 5.82 Å². The molecule has 1 saturated heterocycles. The number of likely N-dealkylation sites (tertiary alicyclic amines) is 1. The Morgan fingerprint density at radius 3 is 2.72 bits per heavy atom. The summed E-state index contributed by atoms with van der Waals surface area (Å²) >= 11 is 3.26. The van der Waals surface area contributed by atoms with Gasteiger partial charge in [0, 0.05) is 29.7 Å². The molecule has 1 aliphatic rings. The van der Waals surface area contributed by atoms with Gasteiger partial charge in [0.2, 0.25) is 0 Å². The lowest BCUT2D eigenvalue weighted by atomic mass is 9.96. The Hall–Kier alpha value is -2.49. The number of amides is 1. The number of hydrogen-bond acceptors (Lipinski definition) is 3. The van der Waals surface area contributed by atoms with Crippen LogP contribution in [0.15, 0.2) is 41.0 Å². The van der Waals surface area contributed by atoms with Gasteiger partial charge in [-0.15, -0.1) is 10.2 Å². The zero-order valence-corrected chi connectivity index (χ0v) is 16.5. The van der Waals surface area contributed by atoms with Crippen LogP contribution in [-0.2, 0) is 6.18 Å². The highest BCUT2D eigenvalue weighted by Crippen LogP contribution is 2.32. The van der Waals surface area contributed by atoms with Gasteiger partial charge in [-0.1, -0.05) is 0 Å². The highest BCUT2D eigenvalue weighted by Gasteiger charge is 2.33. The Morgan fingerprint density at radius 1 is 1.17 bits per heavy atom. The van der Waals surface area contributed by atoms with Gasteiger partial charge in [0.1, 0.15) is 11.6 Å². The number of rotatable bonds is 2. The summed E-state index contributed by atoms with van der Waals surface area (Å²) in [5.74, 6) is -0.764. The molecule has 0 radical (unpaired) electrons. The summed E-state index contributed by atoms with van der Waals surface area (Å²) in [6.45, 7) is 0.738. The van der Waals surface area contributed by atoms with E-state index in [1.54, 1.807) is 4.90 Å². The highest BCUT2D eigenvalue weighted by atomic mass is 79.9. The van der Waals surface area contributed by atoms with Crippen molar-refractivity contribution in [2.24, 2.45) is 0 Å². The van der Waals surface area contributed by atoms with Crippen LogP contribution in [0.3, 0.4) is 0 Å². The molecule has 0 spiro atoms. The van der Waals surface area contributed by atoms with Crippen molar-refractivity contribution in [2.75, 3.05) is 13.1 Å². The predicted octanol–water partition coefficient (Wildman–Crippen LogP) is 4.67. The number of pyridine rings is 1. The smallest absolute Gasteiger partial charge is 0.338 e. The Kier molecular flexibility index (Phi) is 5.05. The molecule has 1 fully saturated rings. The quantitative estimate of drug-likeness (QED) is 0.511. The second-order valence-electron chi connectivity index (χ2n) is 6.92. The number of nitrogens with zero attached hydrogens (tertiary/aromatic N) is 4. The highest BCUT2D eigenvalue weighted by molar-refractivity contribution is 9.10. The first-order valence-corrected chi connectivity index (χ1v) is 9.69. The molecule has 3 aromatic rings. The predicted molar refractivity (Wildman–Crippen MR) is 100.0 cm³/mol. The van der Waals surface area contributed by atoms with Gasteiger partial charge < -0.3 is 4.90 Å². The van der Waals surface area contributed by atoms with Crippen LogP contribution in [0.2, 0.25) is 0 Å². The lowest BCUT2D eigenvalue weighted by molar-refractivity contribution is -0.137. The van der Waals surface area contributed by atoms with E-state index in [-0.39, 0.29) is 23.9 Å². The number of aromatic nitrogens is 3. The molecule has 1 amide bonds. The molecule has 1 aromatic carbocycles. The number of halogens is 5. The van der Waals surface area contributed by atoms with E-state index in [0.29, 0.717) is 35.3 Å². The summed E-state index contributed by atoms with van der Waals surface area (Å²) in [6, 6.07) is 6.12. The van der Waals surface area contributed by atoms with E-state index >= 15 is 0 Å². The summed E-state index contributed by atoms with van der Waals surface area (Å²) in [5, 5.41) is 8.03. The number of carbonyl (C=O) groups is 1. The summed E-state index contributed by atoms with van der Waals surface area (Å²) in [4.78, 5) is 14.4. The number of fused-ring (bicyclic) bond motifs is 1. The standard InChI is InChI=1S/C19H15BrF4N4O/c20-15-5-4-13(21)8-14(15)18(29)27-7-1-2-11(9-27)17-26-25-16-6-3-12(10-28(16)17)19(22,23)24/h3-6,8,10-11H,1-2,7,9H2. The van der Waals surface area contributed by atoms with Gasteiger partial charge in [0.05, 0.1) is 11.1 Å². The summed E-state index contributed by atoms with van der Waals surface area (Å²) in [6.07, 6.45) is -2.19. The van der Waals surface area contributed by atoms with Crippen molar-refractivity contribution < 1.29 is 22.4 Å². The molecule has 3 heterocycles. The molecule has 10 heteroatoms. The maximum atomic E-state index is 13.6. The first-order valence-electron chi connectivity index (χ1n) is 8.90. The van der Waals surface area contributed by atoms with Gasteiger partial charge in [0.15, 0.2) is 5.65 Å². The molecule has 0 aliphatic carbocycles. The average molecular weight is 471 g/mol. The number of carbonyl (C=O) groups excluding carboxylic acids is 1. The minimum absolute atomic E-state index is 0.205. The normalized spacial score (nSPS) is 17.7. The van der Waals surface area contributed by atoms with Crippen molar-refractivity contribution in [1.82, 2.24) is 19.5 Å². The van der Waals surface area contributed by atoms with Gasteiger partial charge in [-0.05, 0) is 59.1 Å². The van der Waals surface area contributed by atoms with Crippen molar-refractivity contribution in [3.63, 3.8) is 0 Å². The minimum atomic E-state index is -4.48. The third-order valence-electron chi connectivity index (χ3n) is 4.99. The van der Waals surface area contributed by atoms with Crippen LogP contribution >= 0.6 is 15.9 Å². The topological polar surface area (TPSA) is 50.5 Å². The average Bonchev–Trinajstić information content (AvgIpc) is 3.12. The third kappa shape index (κ3) is 3.85. The fraction of sp³-hybridized carbons (Fsp3) is 0.316. The maximum absolute atomic E-state index is 13.6. The molecule has 0 saturated carbocycles. The van der Waals surface area contributed by atoms with Crippen LogP contribution < -0.4 is 0 Å². The van der Waals surface area contributed by atoms with Crippen LogP contribution in [0.1, 0.15) is 40.5 Å². The molecule has 5 nitrogen and oxygen atoms in total.